The fourth-order valence-electron chi connectivity index (χ4n) is 7.80. The van der Waals surface area contributed by atoms with Gasteiger partial charge in [-0.3, -0.25) is 9.69 Å². The van der Waals surface area contributed by atoms with Gasteiger partial charge >= 0.3 is 0 Å². The van der Waals surface area contributed by atoms with Crippen LogP contribution in [0.4, 0.5) is 0 Å². The predicted molar refractivity (Wildman–Crippen MR) is 135 cm³/mol. The summed E-state index contributed by atoms with van der Waals surface area (Å²) in [6.45, 7) is 5.27. The Labute approximate surface area is 209 Å². The van der Waals surface area contributed by atoms with E-state index in [-0.39, 0.29) is 17.5 Å². The van der Waals surface area contributed by atoms with E-state index < -0.39 is 0 Å². The van der Waals surface area contributed by atoms with Crippen LogP contribution in [0, 0.1) is 17.8 Å². The zero-order valence-corrected chi connectivity index (χ0v) is 20.7. The van der Waals surface area contributed by atoms with Crippen molar-refractivity contribution in [3.05, 3.63) is 60.1 Å². The average Bonchev–Trinajstić information content (AvgIpc) is 3.39. The Morgan fingerprint density at radius 3 is 2.31 bits per heavy atom. The second-order valence-corrected chi connectivity index (χ2v) is 11.5. The molecule has 35 heavy (non-hydrogen) atoms. The Kier molecular flexibility index (Phi) is 6.70. The van der Waals surface area contributed by atoms with Gasteiger partial charge in [0, 0.05) is 31.2 Å². The van der Waals surface area contributed by atoms with Gasteiger partial charge in [0.2, 0.25) is 5.91 Å². The second-order valence-electron chi connectivity index (χ2n) is 11.5. The first-order chi connectivity index (χ1) is 17.2. The third-order valence-corrected chi connectivity index (χ3v) is 9.02. The van der Waals surface area contributed by atoms with Crippen LogP contribution >= 0.6 is 0 Å². The Bertz CT molecular complexity index is 935. The number of furan rings is 1. The van der Waals surface area contributed by atoms with Gasteiger partial charge in [0.1, 0.15) is 5.76 Å². The predicted octanol–water partition coefficient (Wildman–Crippen LogP) is 4.24. The van der Waals surface area contributed by atoms with Crippen molar-refractivity contribution in [2.75, 3.05) is 39.4 Å². The van der Waals surface area contributed by atoms with Crippen molar-refractivity contribution in [3.8, 4) is 0 Å². The Morgan fingerprint density at radius 2 is 1.69 bits per heavy atom. The number of ether oxygens (including phenoxy) is 1. The first-order valence-corrected chi connectivity index (χ1v) is 13.6. The topological polar surface area (TPSA) is 58.0 Å². The molecule has 2 aromatic rings. The van der Waals surface area contributed by atoms with E-state index in [1.807, 2.05) is 12.1 Å². The maximum atomic E-state index is 14.0. The molecule has 0 radical (unpaired) electrons. The summed E-state index contributed by atoms with van der Waals surface area (Å²) in [5.41, 5.74) is 1.24. The summed E-state index contributed by atoms with van der Waals surface area (Å²) in [6, 6.07) is 14.6. The molecule has 1 N–H and O–H groups in total. The number of morpholine rings is 1. The standard InChI is InChI=1S/C29H39N3O3/c33-28(19-30-27(25-5-2-1-3-6-25)21-31-8-11-34-12-9-31)32(20-26-7-4-10-35-26)29-16-22-13-23(17-29)15-24(14-22)18-29/h1-7,10,22-24,27,30H,8-9,11-21H2/t22?,23?,24?,27-,29?/m0/s1. The second kappa shape index (κ2) is 10.1. The largest absolute Gasteiger partial charge is 0.467 e. The number of rotatable bonds is 9. The minimum Gasteiger partial charge on any atom is -0.467 e. The minimum atomic E-state index is 0.00670. The molecule has 4 bridgehead atoms. The van der Waals surface area contributed by atoms with Crippen LogP contribution in [0.25, 0.3) is 0 Å². The maximum Gasteiger partial charge on any atom is 0.237 e. The van der Waals surface area contributed by atoms with Crippen molar-refractivity contribution in [1.82, 2.24) is 15.1 Å². The van der Waals surface area contributed by atoms with Crippen LogP contribution in [-0.4, -0.2) is 60.6 Å². The number of nitrogens with one attached hydrogen (secondary N) is 1. The number of hydrogen-bond donors (Lipinski definition) is 1. The lowest BCUT2D eigenvalue weighted by molar-refractivity contribution is -0.152. The Morgan fingerprint density at radius 1 is 1.00 bits per heavy atom. The van der Waals surface area contributed by atoms with E-state index in [2.05, 4.69) is 45.4 Å². The molecule has 1 saturated heterocycles. The van der Waals surface area contributed by atoms with E-state index in [1.165, 1.54) is 44.1 Å². The number of benzene rings is 1. The van der Waals surface area contributed by atoms with Crippen molar-refractivity contribution >= 4 is 5.91 Å². The SMILES string of the molecule is O=C(CN[C@@H](CN1CCOCC1)c1ccccc1)N(Cc1ccco1)C12CC3CC(CC(C3)C1)C2. The Hall–Kier alpha value is -2.15. The van der Waals surface area contributed by atoms with Crippen LogP contribution in [0.2, 0.25) is 0 Å². The zero-order chi connectivity index (χ0) is 23.7. The summed E-state index contributed by atoms with van der Waals surface area (Å²) in [5.74, 6) is 3.48. The smallest absolute Gasteiger partial charge is 0.237 e. The quantitative estimate of drug-likeness (QED) is 0.586. The molecule has 5 fully saturated rings. The Balaban J connectivity index is 1.20. The normalized spacial score (nSPS) is 30.9. The summed E-state index contributed by atoms with van der Waals surface area (Å²) >= 11 is 0. The lowest BCUT2D eigenvalue weighted by Gasteiger charge is -2.60. The minimum absolute atomic E-state index is 0.00670. The van der Waals surface area contributed by atoms with Gasteiger partial charge in [0.25, 0.3) is 0 Å². The zero-order valence-electron chi connectivity index (χ0n) is 20.7. The van der Waals surface area contributed by atoms with Gasteiger partial charge in [-0.05, 0) is 74.0 Å². The summed E-state index contributed by atoms with van der Waals surface area (Å²) in [6.07, 6.45) is 9.34. The van der Waals surface area contributed by atoms with E-state index in [1.54, 1.807) is 6.26 Å². The van der Waals surface area contributed by atoms with Gasteiger partial charge in [-0.15, -0.1) is 0 Å². The lowest BCUT2D eigenvalue weighted by atomic mass is 9.52. The van der Waals surface area contributed by atoms with Gasteiger partial charge in [-0.25, -0.2) is 0 Å². The number of carbonyl (C=O) groups is 1. The first kappa shape index (κ1) is 23.3. The van der Waals surface area contributed by atoms with Crippen molar-refractivity contribution in [2.45, 2.75) is 56.7 Å². The summed E-state index contributed by atoms with van der Waals surface area (Å²) in [4.78, 5) is 18.7. The maximum absolute atomic E-state index is 14.0. The molecule has 1 amide bonds. The van der Waals surface area contributed by atoms with Crippen molar-refractivity contribution in [2.24, 2.45) is 17.8 Å². The van der Waals surface area contributed by atoms with E-state index in [0.717, 1.165) is 56.4 Å². The fraction of sp³-hybridized carbons (Fsp3) is 0.621. The van der Waals surface area contributed by atoms with Crippen molar-refractivity contribution in [3.63, 3.8) is 0 Å². The van der Waals surface area contributed by atoms with Crippen molar-refractivity contribution in [1.29, 1.82) is 0 Å². The molecular weight excluding hydrogens is 438 g/mol. The molecule has 4 saturated carbocycles. The molecule has 4 aliphatic carbocycles. The molecule has 1 aromatic carbocycles. The van der Waals surface area contributed by atoms with Crippen LogP contribution in [0.3, 0.4) is 0 Å². The molecule has 5 aliphatic rings. The van der Waals surface area contributed by atoms with Gasteiger partial charge < -0.3 is 19.4 Å². The highest BCUT2D eigenvalue weighted by molar-refractivity contribution is 5.79. The first-order valence-electron chi connectivity index (χ1n) is 13.6. The van der Waals surface area contributed by atoms with Crippen LogP contribution < -0.4 is 5.32 Å². The molecule has 1 aromatic heterocycles. The molecule has 0 spiro atoms. The monoisotopic (exact) mass is 477 g/mol. The number of nitrogens with zero attached hydrogens (tertiary/aromatic N) is 2. The van der Waals surface area contributed by atoms with Crippen molar-refractivity contribution < 1.29 is 13.9 Å². The van der Waals surface area contributed by atoms with E-state index in [4.69, 9.17) is 9.15 Å². The molecular formula is C29H39N3O3. The fourth-order valence-corrected chi connectivity index (χ4v) is 7.80. The van der Waals surface area contributed by atoms with E-state index in [0.29, 0.717) is 13.1 Å². The molecule has 7 rings (SSSR count). The average molecular weight is 478 g/mol. The van der Waals surface area contributed by atoms with Gasteiger partial charge in [-0.1, -0.05) is 30.3 Å². The number of amides is 1. The van der Waals surface area contributed by atoms with Crippen LogP contribution in [-0.2, 0) is 16.1 Å². The van der Waals surface area contributed by atoms with Gasteiger partial charge in [0.05, 0.1) is 32.6 Å². The number of hydrogen-bond acceptors (Lipinski definition) is 5. The van der Waals surface area contributed by atoms with E-state index in [9.17, 15) is 4.79 Å². The third-order valence-electron chi connectivity index (χ3n) is 9.02. The molecule has 0 unspecified atom stereocenters. The molecule has 6 nitrogen and oxygen atoms in total. The van der Waals surface area contributed by atoms with Crippen LogP contribution in [0.5, 0.6) is 0 Å². The van der Waals surface area contributed by atoms with Crippen LogP contribution in [0.1, 0.15) is 55.9 Å². The van der Waals surface area contributed by atoms with Gasteiger partial charge in [-0.2, -0.15) is 0 Å². The summed E-state index contributed by atoms with van der Waals surface area (Å²) < 4.78 is 11.3. The highest BCUT2D eigenvalue weighted by Gasteiger charge is 2.54. The van der Waals surface area contributed by atoms with Crippen LogP contribution in [0.15, 0.2) is 53.1 Å². The molecule has 2 heterocycles. The highest BCUT2D eigenvalue weighted by atomic mass is 16.5. The summed E-state index contributed by atoms with van der Waals surface area (Å²) in [7, 11) is 0. The molecule has 1 atom stereocenters. The van der Waals surface area contributed by atoms with Gasteiger partial charge in [0.15, 0.2) is 0 Å². The van der Waals surface area contributed by atoms with E-state index >= 15 is 0 Å². The lowest BCUT2D eigenvalue weighted by Crippen LogP contribution is -2.62. The molecule has 188 valence electrons. The highest BCUT2D eigenvalue weighted by Crippen LogP contribution is 2.58. The molecule has 6 heteroatoms. The molecule has 1 aliphatic heterocycles. The summed E-state index contributed by atoms with van der Waals surface area (Å²) in [5, 5.41) is 3.67. The number of carbonyl (C=O) groups excluding carboxylic acids is 1. The third kappa shape index (κ3) is 5.07.